The van der Waals surface area contributed by atoms with Crippen LogP contribution in [0.2, 0.25) is 0 Å². The number of hydrogen-bond acceptors (Lipinski definition) is 5. The van der Waals surface area contributed by atoms with Crippen molar-refractivity contribution in [2.45, 2.75) is 43.8 Å². The van der Waals surface area contributed by atoms with Crippen molar-refractivity contribution in [1.29, 1.82) is 0 Å². The molecule has 1 amide bonds. The van der Waals surface area contributed by atoms with Crippen LogP contribution < -0.4 is 15.6 Å². The van der Waals surface area contributed by atoms with Gasteiger partial charge in [-0.1, -0.05) is 24.3 Å². The smallest absolute Gasteiger partial charge is 0.241 e. The van der Waals surface area contributed by atoms with Gasteiger partial charge in [0.25, 0.3) is 0 Å². The maximum Gasteiger partial charge on any atom is 0.241 e. The molecule has 0 radical (unpaired) electrons. The van der Waals surface area contributed by atoms with Gasteiger partial charge in [-0.15, -0.1) is 0 Å². The van der Waals surface area contributed by atoms with Gasteiger partial charge in [-0.2, -0.15) is 0 Å². The number of piperidine rings is 1. The van der Waals surface area contributed by atoms with Gasteiger partial charge in [-0.25, -0.2) is 10.9 Å². The van der Waals surface area contributed by atoms with Gasteiger partial charge in [-0.3, -0.25) is 9.78 Å². The Morgan fingerprint density at radius 1 is 1.19 bits per heavy atom. The summed E-state index contributed by atoms with van der Waals surface area (Å²) in [6.07, 6.45) is 7.55. The lowest BCUT2D eigenvalue weighted by atomic mass is 9.94. The molecule has 27 heavy (non-hydrogen) atoms. The Morgan fingerprint density at radius 3 is 2.89 bits per heavy atom. The van der Waals surface area contributed by atoms with Gasteiger partial charge >= 0.3 is 0 Å². The van der Waals surface area contributed by atoms with Crippen molar-refractivity contribution in [1.82, 2.24) is 20.7 Å². The number of carbonyl (C=O) groups is 1. The van der Waals surface area contributed by atoms with Crippen LogP contribution in [-0.2, 0) is 4.79 Å². The Labute approximate surface area is 159 Å². The zero-order chi connectivity index (χ0) is 18.6. The van der Waals surface area contributed by atoms with E-state index in [9.17, 15) is 4.79 Å². The lowest BCUT2D eigenvalue weighted by Gasteiger charge is -2.37. The van der Waals surface area contributed by atoms with Crippen molar-refractivity contribution in [3.63, 3.8) is 0 Å². The summed E-state index contributed by atoms with van der Waals surface area (Å²) in [4.78, 5) is 19.6. The molecule has 142 valence electrons. The van der Waals surface area contributed by atoms with Crippen molar-refractivity contribution < 1.29 is 9.53 Å². The molecule has 2 N–H and O–H groups in total. The number of nitrogens with zero attached hydrogens (tertiary/aromatic N) is 2. The molecule has 6 heteroatoms. The van der Waals surface area contributed by atoms with E-state index in [1.807, 2.05) is 41.4 Å². The van der Waals surface area contributed by atoms with Crippen molar-refractivity contribution in [2.24, 2.45) is 0 Å². The van der Waals surface area contributed by atoms with Crippen LogP contribution >= 0.6 is 0 Å². The quantitative estimate of drug-likeness (QED) is 0.871. The van der Waals surface area contributed by atoms with Crippen LogP contribution in [0.15, 0.2) is 48.8 Å². The first kappa shape index (κ1) is 17.9. The number of hydrazine groups is 1. The van der Waals surface area contributed by atoms with Crippen molar-refractivity contribution in [3.05, 3.63) is 59.9 Å². The van der Waals surface area contributed by atoms with E-state index in [0.29, 0.717) is 6.42 Å². The number of carbonyl (C=O) groups excluding carboxylic acids is 1. The Morgan fingerprint density at radius 2 is 2.07 bits per heavy atom. The fraction of sp³-hybridized carbons (Fsp3) is 0.429. The van der Waals surface area contributed by atoms with Gasteiger partial charge in [-0.05, 0) is 43.4 Å². The van der Waals surface area contributed by atoms with Crippen LogP contribution in [0.5, 0.6) is 5.75 Å². The van der Waals surface area contributed by atoms with E-state index in [-0.39, 0.29) is 24.0 Å². The van der Waals surface area contributed by atoms with Crippen LogP contribution in [0, 0.1) is 0 Å². The minimum absolute atomic E-state index is 0.0525. The predicted octanol–water partition coefficient (Wildman–Crippen LogP) is 2.75. The van der Waals surface area contributed by atoms with Crippen molar-refractivity contribution in [3.8, 4) is 5.75 Å². The van der Waals surface area contributed by atoms with Crippen molar-refractivity contribution in [2.75, 3.05) is 13.7 Å². The minimum Gasteiger partial charge on any atom is -0.496 e. The Hall–Kier alpha value is -2.44. The largest absolute Gasteiger partial charge is 0.496 e. The third-order valence-electron chi connectivity index (χ3n) is 5.57. The first-order valence-electron chi connectivity index (χ1n) is 9.62. The zero-order valence-corrected chi connectivity index (χ0v) is 15.6. The van der Waals surface area contributed by atoms with Crippen molar-refractivity contribution >= 4 is 5.91 Å². The summed E-state index contributed by atoms with van der Waals surface area (Å²) in [6, 6.07) is 11.9. The number of likely N-dealkylation sites (tertiary alicyclic amines) is 1. The number of benzene rings is 1. The third kappa shape index (κ3) is 3.68. The highest BCUT2D eigenvalue weighted by atomic mass is 16.5. The Balaban J connectivity index is 1.49. The molecule has 2 saturated heterocycles. The van der Waals surface area contributed by atoms with Crippen LogP contribution in [-0.4, -0.2) is 35.5 Å². The summed E-state index contributed by atoms with van der Waals surface area (Å²) in [5, 5.41) is 0. The minimum atomic E-state index is -0.239. The van der Waals surface area contributed by atoms with Gasteiger partial charge < -0.3 is 9.64 Å². The highest BCUT2D eigenvalue weighted by Gasteiger charge is 2.37. The lowest BCUT2D eigenvalue weighted by Crippen LogP contribution is -2.48. The second-order valence-electron chi connectivity index (χ2n) is 7.20. The number of aromatic nitrogens is 1. The topological polar surface area (TPSA) is 66.5 Å². The molecule has 3 atom stereocenters. The number of ether oxygens (including phenoxy) is 1. The highest BCUT2D eigenvalue weighted by molar-refractivity contribution is 5.83. The van der Waals surface area contributed by atoms with Crippen LogP contribution in [0.25, 0.3) is 0 Å². The molecule has 0 saturated carbocycles. The molecule has 0 aliphatic carbocycles. The molecule has 2 aliphatic heterocycles. The van der Waals surface area contributed by atoms with Gasteiger partial charge in [0.1, 0.15) is 11.8 Å². The van der Waals surface area contributed by atoms with E-state index in [0.717, 1.165) is 42.7 Å². The summed E-state index contributed by atoms with van der Waals surface area (Å²) in [7, 11) is 1.68. The summed E-state index contributed by atoms with van der Waals surface area (Å²) in [5.74, 6) is 1.00. The molecule has 0 bridgehead atoms. The molecule has 2 aromatic rings. The lowest BCUT2D eigenvalue weighted by molar-refractivity contribution is -0.137. The molecular weight excluding hydrogens is 340 g/mol. The van der Waals surface area contributed by atoms with Crippen LogP contribution in [0.1, 0.15) is 48.9 Å². The molecule has 6 nitrogen and oxygen atoms in total. The molecule has 2 fully saturated rings. The summed E-state index contributed by atoms with van der Waals surface area (Å²) in [5.41, 5.74) is 8.69. The number of amides is 1. The van der Waals surface area contributed by atoms with E-state index >= 15 is 0 Å². The average Bonchev–Trinajstić information content (AvgIpc) is 3.24. The van der Waals surface area contributed by atoms with Crippen LogP contribution in [0.4, 0.5) is 0 Å². The van der Waals surface area contributed by atoms with E-state index < -0.39 is 0 Å². The number of para-hydroxylation sites is 1. The van der Waals surface area contributed by atoms with E-state index in [1.54, 1.807) is 13.3 Å². The predicted molar refractivity (Wildman–Crippen MR) is 103 cm³/mol. The molecule has 4 rings (SSSR count). The number of nitrogens with one attached hydrogen (secondary N) is 2. The zero-order valence-electron chi connectivity index (χ0n) is 15.6. The number of hydrogen-bond donors (Lipinski definition) is 2. The molecule has 3 heterocycles. The van der Waals surface area contributed by atoms with Gasteiger partial charge in [0.15, 0.2) is 0 Å². The number of methoxy groups -OCH3 is 1. The molecule has 1 aromatic carbocycles. The fourth-order valence-electron chi connectivity index (χ4n) is 4.19. The van der Waals surface area contributed by atoms with Gasteiger partial charge in [0.2, 0.25) is 5.91 Å². The van der Waals surface area contributed by atoms with Gasteiger partial charge in [0.05, 0.1) is 19.2 Å². The van der Waals surface area contributed by atoms with Gasteiger partial charge in [0, 0.05) is 24.5 Å². The fourth-order valence-corrected chi connectivity index (χ4v) is 4.19. The number of rotatable bonds is 4. The first-order valence-corrected chi connectivity index (χ1v) is 9.62. The van der Waals surface area contributed by atoms with E-state index in [4.69, 9.17) is 4.74 Å². The second-order valence-corrected chi connectivity index (χ2v) is 7.20. The van der Waals surface area contributed by atoms with E-state index in [2.05, 4.69) is 21.9 Å². The highest BCUT2D eigenvalue weighted by Crippen LogP contribution is 2.34. The second kappa shape index (κ2) is 8.06. The van der Waals surface area contributed by atoms with E-state index in [1.165, 1.54) is 0 Å². The Kier molecular flexibility index (Phi) is 5.36. The molecular formula is C21H26N4O2. The summed E-state index contributed by atoms with van der Waals surface area (Å²) in [6.45, 7) is 0.801. The summed E-state index contributed by atoms with van der Waals surface area (Å²) < 4.78 is 5.47. The normalized spacial score (nSPS) is 25.4. The molecule has 0 spiro atoms. The standard InChI is InChI=1S/C21H26N4O2/c1-27-20-10-3-2-8-16(20)17-13-18(24-23-17)21(26)25-12-5-4-9-19(25)15-7-6-11-22-14-15/h2-3,6-8,10-11,14,17-19,23-24H,4-5,9,12-13H2,1H3. The molecule has 3 unspecified atom stereocenters. The molecule has 1 aromatic heterocycles. The first-order chi connectivity index (χ1) is 13.3. The maximum atomic E-state index is 13.3. The maximum absolute atomic E-state index is 13.3. The monoisotopic (exact) mass is 366 g/mol. The average molecular weight is 366 g/mol. The number of pyridine rings is 1. The Bertz CT molecular complexity index is 783. The van der Waals surface area contributed by atoms with Crippen LogP contribution in [0.3, 0.4) is 0 Å². The SMILES string of the molecule is COc1ccccc1C1CC(C(=O)N2CCCCC2c2cccnc2)NN1. The third-order valence-corrected chi connectivity index (χ3v) is 5.57. The summed E-state index contributed by atoms with van der Waals surface area (Å²) >= 11 is 0. The molecule has 2 aliphatic rings.